The van der Waals surface area contributed by atoms with Crippen molar-refractivity contribution in [2.45, 2.75) is 36.5 Å². The van der Waals surface area contributed by atoms with E-state index in [1.807, 2.05) is 12.1 Å². The van der Waals surface area contributed by atoms with E-state index < -0.39 is 9.84 Å². The fraction of sp³-hybridized carbons (Fsp3) is 0.538. The first-order valence-electron chi connectivity index (χ1n) is 5.98. The molecule has 2 rings (SSSR count). The normalized spacial score (nSPS) is 18.7. The maximum atomic E-state index is 11.7. The zero-order valence-corrected chi connectivity index (χ0v) is 10.8. The quantitative estimate of drug-likeness (QED) is 0.892. The van der Waals surface area contributed by atoms with Crippen LogP contribution in [0.3, 0.4) is 0 Å². The molecule has 3 nitrogen and oxygen atoms in total. The Morgan fingerprint density at radius 3 is 2.18 bits per heavy atom. The standard InChI is InChI=1S/C13H18O3S/c1-2-17(15,16)12-6-4-11(5-7-12)13(10-14)8-3-9-13/h4-7,14H,2-3,8-10H2,1H3. The summed E-state index contributed by atoms with van der Waals surface area (Å²) in [5.74, 6) is 0.123. The molecule has 0 bridgehead atoms. The number of rotatable bonds is 4. The summed E-state index contributed by atoms with van der Waals surface area (Å²) in [5.41, 5.74) is 0.940. The number of aliphatic hydroxyl groups excluding tert-OH is 1. The molecule has 0 amide bonds. The molecular weight excluding hydrogens is 236 g/mol. The van der Waals surface area contributed by atoms with Crippen LogP contribution in [0.2, 0.25) is 0 Å². The summed E-state index contributed by atoms with van der Waals surface area (Å²) in [4.78, 5) is 0.371. The summed E-state index contributed by atoms with van der Waals surface area (Å²) < 4.78 is 23.3. The van der Waals surface area contributed by atoms with Gasteiger partial charge in [-0.25, -0.2) is 8.42 Å². The van der Waals surface area contributed by atoms with Gasteiger partial charge in [-0.2, -0.15) is 0 Å². The van der Waals surface area contributed by atoms with Crippen molar-refractivity contribution in [1.29, 1.82) is 0 Å². The zero-order valence-electron chi connectivity index (χ0n) is 10.0. The van der Waals surface area contributed by atoms with Crippen LogP contribution in [-0.4, -0.2) is 25.9 Å². The summed E-state index contributed by atoms with van der Waals surface area (Å²) in [6.07, 6.45) is 3.11. The molecule has 1 aromatic rings. The third-order valence-electron chi connectivity index (χ3n) is 3.82. The fourth-order valence-corrected chi connectivity index (χ4v) is 3.21. The molecule has 0 unspecified atom stereocenters. The number of hydrogen-bond acceptors (Lipinski definition) is 3. The van der Waals surface area contributed by atoms with Gasteiger partial charge in [-0.05, 0) is 30.5 Å². The minimum absolute atomic E-state index is 0.117. The predicted octanol–water partition coefficient (Wildman–Crippen LogP) is 1.89. The van der Waals surface area contributed by atoms with Crippen molar-refractivity contribution in [3.63, 3.8) is 0 Å². The summed E-state index contributed by atoms with van der Waals surface area (Å²) >= 11 is 0. The molecule has 17 heavy (non-hydrogen) atoms. The highest BCUT2D eigenvalue weighted by atomic mass is 32.2. The third kappa shape index (κ3) is 2.11. The molecule has 4 heteroatoms. The highest BCUT2D eigenvalue weighted by molar-refractivity contribution is 7.91. The molecule has 0 heterocycles. The fourth-order valence-electron chi connectivity index (χ4n) is 2.32. The maximum Gasteiger partial charge on any atom is 0.178 e. The minimum Gasteiger partial charge on any atom is -0.395 e. The maximum absolute atomic E-state index is 11.7. The van der Waals surface area contributed by atoms with Crippen LogP contribution >= 0.6 is 0 Å². The molecule has 1 aliphatic carbocycles. The van der Waals surface area contributed by atoms with Crippen molar-refractivity contribution in [3.8, 4) is 0 Å². The van der Waals surface area contributed by atoms with E-state index in [9.17, 15) is 13.5 Å². The Labute approximate surface area is 102 Å². The molecule has 1 aromatic carbocycles. The van der Waals surface area contributed by atoms with E-state index in [0.29, 0.717) is 4.90 Å². The Bertz CT molecular complexity index is 478. The lowest BCUT2D eigenvalue weighted by Gasteiger charge is -2.40. The van der Waals surface area contributed by atoms with E-state index in [1.165, 1.54) is 0 Å². The molecular formula is C13H18O3S. The van der Waals surface area contributed by atoms with Gasteiger partial charge >= 0.3 is 0 Å². The van der Waals surface area contributed by atoms with Gasteiger partial charge in [-0.1, -0.05) is 25.5 Å². The smallest absolute Gasteiger partial charge is 0.178 e. The Morgan fingerprint density at radius 2 is 1.82 bits per heavy atom. The van der Waals surface area contributed by atoms with Gasteiger partial charge in [-0.3, -0.25) is 0 Å². The van der Waals surface area contributed by atoms with Crippen molar-refractivity contribution >= 4 is 9.84 Å². The van der Waals surface area contributed by atoms with E-state index in [4.69, 9.17) is 0 Å². The van der Waals surface area contributed by atoms with Crippen molar-refractivity contribution in [1.82, 2.24) is 0 Å². The van der Waals surface area contributed by atoms with Gasteiger partial charge in [0.2, 0.25) is 0 Å². The average Bonchev–Trinajstić information content (AvgIpc) is 2.29. The molecule has 0 radical (unpaired) electrons. The van der Waals surface area contributed by atoms with Gasteiger partial charge in [-0.15, -0.1) is 0 Å². The molecule has 0 aliphatic heterocycles. The molecule has 0 atom stereocenters. The topological polar surface area (TPSA) is 54.4 Å². The predicted molar refractivity (Wildman–Crippen MR) is 66.8 cm³/mol. The van der Waals surface area contributed by atoms with Crippen LogP contribution in [0.4, 0.5) is 0 Å². The second kappa shape index (κ2) is 4.42. The van der Waals surface area contributed by atoms with Gasteiger partial charge in [0, 0.05) is 5.41 Å². The molecule has 0 spiro atoms. The van der Waals surface area contributed by atoms with Crippen molar-refractivity contribution < 1.29 is 13.5 Å². The van der Waals surface area contributed by atoms with Crippen LogP contribution in [0.1, 0.15) is 31.7 Å². The first-order valence-corrected chi connectivity index (χ1v) is 7.63. The van der Waals surface area contributed by atoms with Gasteiger partial charge in [0.15, 0.2) is 9.84 Å². The molecule has 1 saturated carbocycles. The number of benzene rings is 1. The Morgan fingerprint density at radius 1 is 1.24 bits per heavy atom. The van der Waals surface area contributed by atoms with Gasteiger partial charge < -0.3 is 5.11 Å². The number of aliphatic hydroxyl groups is 1. The second-order valence-corrected chi connectivity index (χ2v) is 7.00. The molecule has 0 saturated heterocycles. The Hall–Kier alpha value is -0.870. The summed E-state index contributed by atoms with van der Waals surface area (Å²) in [6, 6.07) is 7.00. The molecule has 1 N–H and O–H groups in total. The van der Waals surface area contributed by atoms with Crippen LogP contribution in [-0.2, 0) is 15.3 Å². The Kier molecular flexibility index (Phi) is 3.27. The molecule has 0 aromatic heterocycles. The van der Waals surface area contributed by atoms with Crippen LogP contribution in [0.15, 0.2) is 29.2 Å². The summed E-state index contributed by atoms with van der Waals surface area (Å²) in [7, 11) is -3.12. The highest BCUT2D eigenvalue weighted by Gasteiger charge is 2.37. The molecule has 1 fully saturated rings. The van der Waals surface area contributed by atoms with Crippen molar-refractivity contribution in [2.75, 3.05) is 12.4 Å². The number of hydrogen-bond donors (Lipinski definition) is 1. The second-order valence-electron chi connectivity index (χ2n) is 4.72. The number of sulfone groups is 1. The lowest BCUT2D eigenvalue weighted by Crippen LogP contribution is -2.37. The zero-order chi connectivity index (χ0) is 12.5. The van der Waals surface area contributed by atoms with E-state index in [1.54, 1.807) is 19.1 Å². The Balaban J connectivity index is 2.30. The monoisotopic (exact) mass is 254 g/mol. The first kappa shape index (κ1) is 12.6. The van der Waals surface area contributed by atoms with Crippen molar-refractivity contribution in [2.24, 2.45) is 0 Å². The van der Waals surface area contributed by atoms with Crippen LogP contribution in [0.25, 0.3) is 0 Å². The minimum atomic E-state index is -3.12. The van der Waals surface area contributed by atoms with Crippen molar-refractivity contribution in [3.05, 3.63) is 29.8 Å². The highest BCUT2D eigenvalue weighted by Crippen LogP contribution is 2.43. The van der Waals surface area contributed by atoms with Crippen LogP contribution < -0.4 is 0 Å². The van der Waals surface area contributed by atoms with Gasteiger partial charge in [0.05, 0.1) is 17.3 Å². The van der Waals surface area contributed by atoms with E-state index in [2.05, 4.69) is 0 Å². The van der Waals surface area contributed by atoms with E-state index >= 15 is 0 Å². The van der Waals surface area contributed by atoms with Crippen LogP contribution in [0, 0.1) is 0 Å². The summed E-state index contributed by atoms with van der Waals surface area (Å²) in [6.45, 7) is 1.79. The van der Waals surface area contributed by atoms with E-state index in [0.717, 1.165) is 24.8 Å². The molecule has 94 valence electrons. The summed E-state index contributed by atoms with van der Waals surface area (Å²) in [5, 5.41) is 9.45. The van der Waals surface area contributed by atoms with Gasteiger partial charge in [0.1, 0.15) is 0 Å². The van der Waals surface area contributed by atoms with E-state index in [-0.39, 0.29) is 17.8 Å². The molecule has 1 aliphatic rings. The average molecular weight is 254 g/mol. The SMILES string of the molecule is CCS(=O)(=O)c1ccc(C2(CO)CCC2)cc1. The van der Waals surface area contributed by atoms with Gasteiger partial charge in [0.25, 0.3) is 0 Å². The lowest BCUT2D eigenvalue weighted by molar-refractivity contribution is 0.120. The largest absolute Gasteiger partial charge is 0.395 e. The third-order valence-corrected chi connectivity index (χ3v) is 5.57. The van der Waals surface area contributed by atoms with Crippen LogP contribution in [0.5, 0.6) is 0 Å². The first-order chi connectivity index (χ1) is 8.04. The lowest BCUT2D eigenvalue weighted by atomic mass is 9.65.